The summed E-state index contributed by atoms with van der Waals surface area (Å²) in [5.41, 5.74) is 0. The number of aliphatic hydroxyl groups excluding tert-OH is 1. The van der Waals surface area contributed by atoms with Gasteiger partial charge in [0.1, 0.15) is 0 Å². The minimum Gasteiger partial charge on any atom is -0.393 e. The molecule has 0 aliphatic carbocycles. The molecule has 1 rings (SSSR count). The van der Waals surface area contributed by atoms with Crippen molar-refractivity contribution >= 4 is 0 Å². The van der Waals surface area contributed by atoms with E-state index in [-0.39, 0.29) is 6.10 Å². The Bertz CT molecular complexity index is 135. The predicted molar refractivity (Wildman–Crippen MR) is 57.4 cm³/mol. The molecule has 0 aromatic carbocycles. The molecule has 0 aromatic rings. The zero-order valence-corrected chi connectivity index (χ0v) is 9.17. The Labute approximate surface area is 86.8 Å². The van der Waals surface area contributed by atoms with Crippen molar-refractivity contribution in [2.24, 2.45) is 0 Å². The molecule has 1 fully saturated rings. The lowest BCUT2D eigenvalue weighted by Crippen LogP contribution is -2.35. The number of aliphatic hydroxyl groups is 1. The van der Waals surface area contributed by atoms with Crippen LogP contribution in [-0.2, 0) is 4.74 Å². The SMILES string of the molecule is CCC(O)CCCNC1CCOCC1. The Hall–Kier alpha value is -0.120. The fourth-order valence-corrected chi connectivity index (χ4v) is 1.75. The summed E-state index contributed by atoms with van der Waals surface area (Å²) >= 11 is 0. The molecule has 0 spiro atoms. The van der Waals surface area contributed by atoms with Gasteiger partial charge in [0.15, 0.2) is 0 Å². The van der Waals surface area contributed by atoms with E-state index >= 15 is 0 Å². The lowest BCUT2D eigenvalue weighted by atomic mass is 10.1. The lowest BCUT2D eigenvalue weighted by Gasteiger charge is -2.23. The molecule has 0 saturated carbocycles. The first-order valence-corrected chi connectivity index (χ1v) is 5.82. The predicted octanol–water partition coefficient (Wildman–Crippen LogP) is 1.31. The minimum absolute atomic E-state index is 0.105. The van der Waals surface area contributed by atoms with E-state index in [0.717, 1.165) is 51.9 Å². The first kappa shape index (κ1) is 12.0. The van der Waals surface area contributed by atoms with Crippen LogP contribution in [0.1, 0.15) is 39.0 Å². The maximum atomic E-state index is 9.35. The molecular formula is C11H23NO2. The number of rotatable bonds is 6. The summed E-state index contributed by atoms with van der Waals surface area (Å²) in [5, 5.41) is 12.9. The van der Waals surface area contributed by atoms with Crippen LogP contribution < -0.4 is 5.32 Å². The van der Waals surface area contributed by atoms with Crippen LogP contribution in [0, 0.1) is 0 Å². The highest BCUT2D eigenvalue weighted by Crippen LogP contribution is 2.06. The molecule has 0 bridgehead atoms. The number of nitrogens with one attached hydrogen (secondary N) is 1. The van der Waals surface area contributed by atoms with Crippen LogP contribution in [0.15, 0.2) is 0 Å². The van der Waals surface area contributed by atoms with E-state index in [1.54, 1.807) is 0 Å². The lowest BCUT2D eigenvalue weighted by molar-refractivity contribution is 0.0774. The largest absolute Gasteiger partial charge is 0.393 e. The van der Waals surface area contributed by atoms with Gasteiger partial charge in [-0.3, -0.25) is 0 Å². The quantitative estimate of drug-likeness (QED) is 0.637. The van der Waals surface area contributed by atoms with Gasteiger partial charge in [0.05, 0.1) is 6.10 Å². The summed E-state index contributed by atoms with van der Waals surface area (Å²) in [6.45, 7) is 4.85. The highest BCUT2D eigenvalue weighted by Gasteiger charge is 2.12. The van der Waals surface area contributed by atoms with Crippen molar-refractivity contribution in [3.8, 4) is 0 Å². The molecule has 3 nitrogen and oxygen atoms in total. The molecule has 1 aliphatic rings. The van der Waals surface area contributed by atoms with E-state index in [4.69, 9.17) is 4.74 Å². The first-order valence-electron chi connectivity index (χ1n) is 5.82. The van der Waals surface area contributed by atoms with Crippen molar-refractivity contribution in [1.29, 1.82) is 0 Å². The van der Waals surface area contributed by atoms with Gasteiger partial charge in [0.2, 0.25) is 0 Å². The van der Waals surface area contributed by atoms with Crippen molar-refractivity contribution in [1.82, 2.24) is 5.32 Å². The molecule has 14 heavy (non-hydrogen) atoms. The van der Waals surface area contributed by atoms with Crippen molar-refractivity contribution in [2.45, 2.75) is 51.2 Å². The Morgan fingerprint density at radius 1 is 1.43 bits per heavy atom. The van der Waals surface area contributed by atoms with E-state index in [0.29, 0.717) is 6.04 Å². The highest BCUT2D eigenvalue weighted by atomic mass is 16.5. The molecule has 1 atom stereocenters. The Balaban J connectivity index is 1.92. The molecule has 0 aromatic heterocycles. The van der Waals surface area contributed by atoms with Gasteiger partial charge in [-0.2, -0.15) is 0 Å². The van der Waals surface area contributed by atoms with Gasteiger partial charge in [0, 0.05) is 19.3 Å². The third kappa shape index (κ3) is 4.94. The van der Waals surface area contributed by atoms with Gasteiger partial charge in [-0.05, 0) is 38.6 Å². The second kappa shape index (κ2) is 7.21. The van der Waals surface area contributed by atoms with Gasteiger partial charge in [-0.25, -0.2) is 0 Å². The van der Waals surface area contributed by atoms with Crippen LogP contribution in [0.2, 0.25) is 0 Å². The summed E-state index contributed by atoms with van der Waals surface area (Å²) in [6.07, 6.45) is 5.04. The van der Waals surface area contributed by atoms with E-state index in [9.17, 15) is 5.11 Å². The molecule has 1 aliphatic heterocycles. The second-order valence-corrected chi connectivity index (χ2v) is 4.05. The van der Waals surface area contributed by atoms with Crippen molar-refractivity contribution in [3.63, 3.8) is 0 Å². The van der Waals surface area contributed by atoms with E-state index < -0.39 is 0 Å². The summed E-state index contributed by atoms with van der Waals surface area (Å²) in [4.78, 5) is 0. The van der Waals surface area contributed by atoms with Gasteiger partial charge < -0.3 is 15.2 Å². The standard InChI is InChI=1S/C11H23NO2/c1-2-11(13)4-3-7-12-10-5-8-14-9-6-10/h10-13H,2-9H2,1H3. The summed E-state index contributed by atoms with van der Waals surface area (Å²) in [7, 11) is 0. The van der Waals surface area contributed by atoms with E-state index in [1.165, 1.54) is 0 Å². The van der Waals surface area contributed by atoms with Crippen LogP contribution in [-0.4, -0.2) is 37.0 Å². The number of hydrogen-bond donors (Lipinski definition) is 2. The minimum atomic E-state index is -0.105. The van der Waals surface area contributed by atoms with Crippen molar-refractivity contribution in [2.75, 3.05) is 19.8 Å². The Kier molecular flexibility index (Phi) is 6.15. The molecule has 2 N–H and O–H groups in total. The number of ether oxygens (including phenoxy) is 1. The van der Waals surface area contributed by atoms with E-state index in [1.807, 2.05) is 6.92 Å². The zero-order chi connectivity index (χ0) is 10.2. The normalized spacial score (nSPS) is 21.0. The van der Waals surface area contributed by atoms with Crippen LogP contribution in [0.5, 0.6) is 0 Å². The monoisotopic (exact) mass is 201 g/mol. The van der Waals surface area contributed by atoms with Crippen molar-refractivity contribution in [3.05, 3.63) is 0 Å². The van der Waals surface area contributed by atoms with Crippen LogP contribution >= 0.6 is 0 Å². The molecule has 1 saturated heterocycles. The van der Waals surface area contributed by atoms with Gasteiger partial charge in [-0.1, -0.05) is 6.92 Å². The zero-order valence-electron chi connectivity index (χ0n) is 9.17. The first-order chi connectivity index (χ1) is 6.83. The molecule has 1 heterocycles. The highest BCUT2D eigenvalue weighted by molar-refractivity contribution is 4.70. The van der Waals surface area contributed by atoms with Gasteiger partial charge >= 0.3 is 0 Å². The maximum absolute atomic E-state index is 9.35. The Morgan fingerprint density at radius 2 is 2.14 bits per heavy atom. The average molecular weight is 201 g/mol. The maximum Gasteiger partial charge on any atom is 0.0538 e. The summed E-state index contributed by atoms with van der Waals surface area (Å²) < 4.78 is 5.28. The van der Waals surface area contributed by atoms with Crippen LogP contribution in [0.3, 0.4) is 0 Å². The van der Waals surface area contributed by atoms with Crippen molar-refractivity contribution < 1.29 is 9.84 Å². The molecule has 84 valence electrons. The molecular weight excluding hydrogens is 178 g/mol. The summed E-state index contributed by atoms with van der Waals surface area (Å²) in [6, 6.07) is 0.641. The third-order valence-electron chi connectivity index (χ3n) is 2.84. The second-order valence-electron chi connectivity index (χ2n) is 4.05. The molecule has 1 unspecified atom stereocenters. The third-order valence-corrected chi connectivity index (χ3v) is 2.84. The molecule has 3 heteroatoms. The molecule has 0 radical (unpaired) electrons. The fraction of sp³-hybridized carbons (Fsp3) is 1.00. The van der Waals surface area contributed by atoms with Crippen LogP contribution in [0.4, 0.5) is 0 Å². The fourth-order valence-electron chi connectivity index (χ4n) is 1.75. The van der Waals surface area contributed by atoms with Crippen LogP contribution in [0.25, 0.3) is 0 Å². The van der Waals surface area contributed by atoms with Gasteiger partial charge in [-0.15, -0.1) is 0 Å². The van der Waals surface area contributed by atoms with E-state index in [2.05, 4.69) is 5.32 Å². The molecule has 0 amide bonds. The van der Waals surface area contributed by atoms with Gasteiger partial charge in [0.25, 0.3) is 0 Å². The Morgan fingerprint density at radius 3 is 2.79 bits per heavy atom. The number of hydrogen-bond acceptors (Lipinski definition) is 3. The smallest absolute Gasteiger partial charge is 0.0538 e. The summed E-state index contributed by atoms with van der Waals surface area (Å²) in [5.74, 6) is 0. The average Bonchev–Trinajstić information content (AvgIpc) is 2.25. The topological polar surface area (TPSA) is 41.5 Å².